The van der Waals surface area contributed by atoms with E-state index in [1.807, 2.05) is 12.1 Å². The predicted molar refractivity (Wildman–Crippen MR) is 101 cm³/mol. The maximum atomic E-state index is 12.3. The van der Waals surface area contributed by atoms with Crippen molar-refractivity contribution in [2.75, 3.05) is 46.6 Å². The molecule has 6 heteroatoms. The molecule has 26 heavy (non-hydrogen) atoms. The molecule has 0 saturated carbocycles. The lowest BCUT2D eigenvalue weighted by Gasteiger charge is -2.35. The summed E-state index contributed by atoms with van der Waals surface area (Å²) in [5.41, 5.74) is 1.15. The number of nitrogens with one attached hydrogen (secondary N) is 1. The fraction of sp³-hybridized carbons (Fsp3) is 0.550. The number of morpholine rings is 1. The molecular weight excluding hydrogens is 332 g/mol. The highest BCUT2D eigenvalue weighted by molar-refractivity contribution is 5.80. The zero-order valence-corrected chi connectivity index (χ0v) is 15.8. The third-order valence-electron chi connectivity index (χ3n) is 4.52. The molecule has 0 aliphatic carbocycles. The van der Waals surface area contributed by atoms with Crippen LogP contribution < -0.4 is 10.1 Å². The smallest absolute Gasteiger partial charge is 0.248 e. The lowest BCUT2D eigenvalue weighted by atomic mass is 10.0. The van der Waals surface area contributed by atoms with E-state index < -0.39 is 6.10 Å². The van der Waals surface area contributed by atoms with Crippen LogP contribution in [0.1, 0.15) is 24.9 Å². The third-order valence-corrected chi connectivity index (χ3v) is 4.52. The van der Waals surface area contributed by atoms with Gasteiger partial charge >= 0.3 is 0 Å². The number of benzene rings is 1. The van der Waals surface area contributed by atoms with Gasteiger partial charge in [0.25, 0.3) is 0 Å². The Balaban J connectivity index is 1.99. The number of nitrogens with zero attached hydrogens (tertiary/aromatic N) is 1. The van der Waals surface area contributed by atoms with Crippen LogP contribution in [0.25, 0.3) is 0 Å². The van der Waals surface area contributed by atoms with Gasteiger partial charge in [0, 0.05) is 19.6 Å². The molecule has 2 atom stereocenters. The molecule has 6 nitrogen and oxygen atoms in total. The van der Waals surface area contributed by atoms with E-state index in [0.717, 1.165) is 30.8 Å². The van der Waals surface area contributed by atoms with E-state index in [4.69, 9.17) is 14.2 Å². The van der Waals surface area contributed by atoms with Crippen LogP contribution in [0, 0.1) is 0 Å². The molecule has 2 rings (SSSR count). The summed E-state index contributed by atoms with van der Waals surface area (Å²) in [6, 6.07) is 8.09. The average Bonchev–Trinajstić information content (AvgIpc) is 2.69. The topological polar surface area (TPSA) is 60.0 Å². The first-order valence-electron chi connectivity index (χ1n) is 9.11. The van der Waals surface area contributed by atoms with Gasteiger partial charge in [0.15, 0.2) is 0 Å². The predicted octanol–water partition coefficient (Wildman–Crippen LogP) is 2.17. The van der Waals surface area contributed by atoms with E-state index in [-0.39, 0.29) is 11.9 Å². The second-order valence-corrected chi connectivity index (χ2v) is 6.27. The fourth-order valence-electron chi connectivity index (χ4n) is 2.92. The highest BCUT2D eigenvalue weighted by Crippen LogP contribution is 2.23. The Labute approximate surface area is 156 Å². The van der Waals surface area contributed by atoms with Crippen molar-refractivity contribution in [3.63, 3.8) is 0 Å². The molecule has 1 amide bonds. The van der Waals surface area contributed by atoms with E-state index in [2.05, 4.69) is 28.9 Å². The molecule has 1 aliphatic rings. The van der Waals surface area contributed by atoms with Gasteiger partial charge in [-0.15, -0.1) is 6.58 Å². The summed E-state index contributed by atoms with van der Waals surface area (Å²) in [6.07, 6.45) is 2.04. The first kappa shape index (κ1) is 20.4. The van der Waals surface area contributed by atoms with Gasteiger partial charge in [-0.2, -0.15) is 0 Å². The van der Waals surface area contributed by atoms with Crippen molar-refractivity contribution in [2.45, 2.75) is 25.5 Å². The highest BCUT2D eigenvalue weighted by Gasteiger charge is 2.24. The van der Waals surface area contributed by atoms with Gasteiger partial charge in [-0.3, -0.25) is 9.69 Å². The van der Waals surface area contributed by atoms with E-state index in [0.29, 0.717) is 26.4 Å². The van der Waals surface area contributed by atoms with Gasteiger partial charge in [0.1, 0.15) is 11.9 Å². The van der Waals surface area contributed by atoms with Crippen molar-refractivity contribution >= 4 is 5.91 Å². The second kappa shape index (κ2) is 11.0. The Kier molecular flexibility index (Phi) is 8.61. The second-order valence-electron chi connectivity index (χ2n) is 6.27. The molecule has 0 spiro atoms. The maximum absolute atomic E-state index is 12.3. The molecule has 1 saturated heterocycles. The standard InChI is InChI=1S/C20H30N2O4/c1-4-5-12-26-16(2)20(23)21-15-19(22-10-13-25-14-11-22)17-6-8-18(24-3)9-7-17/h4,6-9,16,19H,1,5,10-15H2,2-3H3,(H,21,23). The quantitative estimate of drug-likeness (QED) is 0.511. The van der Waals surface area contributed by atoms with Gasteiger partial charge in [-0.1, -0.05) is 18.2 Å². The average molecular weight is 362 g/mol. The van der Waals surface area contributed by atoms with Gasteiger partial charge in [0.2, 0.25) is 5.91 Å². The minimum Gasteiger partial charge on any atom is -0.497 e. The molecule has 1 fully saturated rings. The van der Waals surface area contributed by atoms with Crippen LogP contribution in [-0.2, 0) is 14.3 Å². The van der Waals surface area contributed by atoms with Crippen molar-refractivity contribution in [1.29, 1.82) is 0 Å². The van der Waals surface area contributed by atoms with E-state index >= 15 is 0 Å². The van der Waals surface area contributed by atoms with Crippen LogP contribution in [-0.4, -0.2) is 63.5 Å². The van der Waals surface area contributed by atoms with Gasteiger partial charge in [0.05, 0.1) is 33.0 Å². The summed E-state index contributed by atoms with van der Waals surface area (Å²) in [7, 11) is 1.66. The first-order valence-corrected chi connectivity index (χ1v) is 9.11. The lowest BCUT2D eigenvalue weighted by molar-refractivity contribution is -0.132. The third kappa shape index (κ3) is 6.12. The Morgan fingerprint density at radius 1 is 1.35 bits per heavy atom. The number of hydrogen-bond donors (Lipinski definition) is 1. The molecule has 1 aromatic carbocycles. The van der Waals surface area contributed by atoms with Crippen LogP contribution in [0.15, 0.2) is 36.9 Å². The molecule has 1 heterocycles. The Morgan fingerprint density at radius 3 is 2.65 bits per heavy atom. The molecular formula is C20H30N2O4. The van der Waals surface area contributed by atoms with Gasteiger partial charge in [-0.05, 0) is 31.0 Å². The van der Waals surface area contributed by atoms with Gasteiger partial charge < -0.3 is 19.5 Å². The largest absolute Gasteiger partial charge is 0.497 e. The Bertz CT molecular complexity index is 555. The summed E-state index contributed by atoms with van der Waals surface area (Å²) >= 11 is 0. The van der Waals surface area contributed by atoms with Crippen LogP contribution in [0.3, 0.4) is 0 Å². The SMILES string of the molecule is C=CCCOC(C)C(=O)NCC(c1ccc(OC)cc1)N1CCOCC1. The molecule has 0 bridgehead atoms. The first-order chi connectivity index (χ1) is 12.7. The minimum absolute atomic E-state index is 0.0918. The molecule has 0 aromatic heterocycles. The van der Waals surface area contributed by atoms with Gasteiger partial charge in [-0.25, -0.2) is 0 Å². The summed E-state index contributed by atoms with van der Waals surface area (Å²) in [4.78, 5) is 14.7. The molecule has 144 valence electrons. The normalized spacial score (nSPS) is 17.3. The number of rotatable bonds is 10. The molecule has 1 N–H and O–H groups in total. The van der Waals surface area contributed by atoms with Crippen LogP contribution in [0.2, 0.25) is 0 Å². The Morgan fingerprint density at radius 2 is 2.04 bits per heavy atom. The van der Waals surface area contributed by atoms with Crippen LogP contribution in [0.5, 0.6) is 5.75 Å². The minimum atomic E-state index is -0.476. The zero-order chi connectivity index (χ0) is 18.8. The van der Waals surface area contributed by atoms with Crippen LogP contribution >= 0.6 is 0 Å². The monoisotopic (exact) mass is 362 g/mol. The summed E-state index contributed by atoms with van der Waals surface area (Å²) in [6.45, 7) is 9.57. The molecule has 1 aromatic rings. The number of ether oxygens (including phenoxy) is 3. The highest BCUT2D eigenvalue weighted by atomic mass is 16.5. The number of amides is 1. The number of hydrogen-bond acceptors (Lipinski definition) is 5. The van der Waals surface area contributed by atoms with Crippen molar-refractivity contribution in [1.82, 2.24) is 10.2 Å². The van der Waals surface area contributed by atoms with Crippen LogP contribution in [0.4, 0.5) is 0 Å². The molecule has 2 unspecified atom stereocenters. The van der Waals surface area contributed by atoms with E-state index in [1.165, 1.54) is 0 Å². The maximum Gasteiger partial charge on any atom is 0.248 e. The van der Waals surface area contributed by atoms with Crippen molar-refractivity contribution in [3.05, 3.63) is 42.5 Å². The molecule has 0 radical (unpaired) electrons. The summed E-state index contributed by atoms with van der Waals surface area (Å²) in [5.74, 6) is 0.726. The van der Waals surface area contributed by atoms with E-state index in [1.54, 1.807) is 20.1 Å². The Hall–Kier alpha value is -1.89. The van der Waals surface area contributed by atoms with Crippen molar-refractivity contribution < 1.29 is 19.0 Å². The zero-order valence-electron chi connectivity index (χ0n) is 15.8. The molecule has 1 aliphatic heterocycles. The summed E-state index contributed by atoms with van der Waals surface area (Å²) in [5, 5.41) is 3.03. The number of carbonyl (C=O) groups excluding carboxylic acids is 1. The number of methoxy groups -OCH3 is 1. The summed E-state index contributed by atoms with van der Waals surface area (Å²) < 4.78 is 16.2. The van der Waals surface area contributed by atoms with Crippen molar-refractivity contribution in [3.8, 4) is 5.75 Å². The fourth-order valence-corrected chi connectivity index (χ4v) is 2.92. The van der Waals surface area contributed by atoms with E-state index in [9.17, 15) is 4.79 Å². The number of carbonyl (C=O) groups is 1. The lowest BCUT2D eigenvalue weighted by Crippen LogP contribution is -2.45. The van der Waals surface area contributed by atoms with Crippen molar-refractivity contribution in [2.24, 2.45) is 0 Å².